The smallest absolute Gasteiger partial charge is 0.229 e. The summed E-state index contributed by atoms with van der Waals surface area (Å²) in [4.78, 5) is 16.3. The van der Waals surface area contributed by atoms with Gasteiger partial charge in [-0.1, -0.05) is 6.42 Å². The van der Waals surface area contributed by atoms with Gasteiger partial charge in [0, 0.05) is 11.3 Å². The summed E-state index contributed by atoms with van der Waals surface area (Å²) in [5.74, 6) is 1.91. The van der Waals surface area contributed by atoms with Gasteiger partial charge in [0.15, 0.2) is 5.13 Å². The number of thiazole rings is 1. The Morgan fingerprint density at radius 2 is 2.38 bits per heavy atom. The van der Waals surface area contributed by atoms with Crippen LogP contribution in [-0.4, -0.2) is 10.9 Å². The number of aromatic nitrogens is 1. The van der Waals surface area contributed by atoms with Crippen molar-refractivity contribution in [3.8, 4) is 0 Å². The van der Waals surface area contributed by atoms with E-state index >= 15 is 0 Å². The molecule has 0 spiro atoms. The predicted octanol–water partition coefficient (Wildman–Crippen LogP) is 2.83. The monoisotopic (exact) mass is 236 g/mol. The fourth-order valence-corrected chi connectivity index (χ4v) is 3.87. The molecule has 1 heterocycles. The number of carbonyl (C=O) groups excluding carboxylic acids is 1. The first-order valence-corrected chi connectivity index (χ1v) is 6.83. The van der Waals surface area contributed by atoms with Crippen molar-refractivity contribution < 1.29 is 4.79 Å². The van der Waals surface area contributed by atoms with Crippen molar-refractivity contribution >= 4 is 22.4 Å². The van der Waals surface area contributed by atoms with Gasteiger partial charge in [-0.3, -0.25) is 4.79 Å². The average Bonchev–Trinajstić information content (AvgIpc) is 2.93. The standard InChI is InChI=1S/C12H16N2OS/c1-7-6-16-12(13-7)14-11(15)10-5-8-2-3-9(10)4-8/h6,8-10H,2-5H2,1H3,(H,13,14,15)/t8-,9+,10+/m1/s1. The number of amides is 1. The Morgan fingerprint density at radius 3 is 2.94 bits per heavy atom. The molecule has 2 saturated carbocycles. The molecule has 2 fully saturated rings. The van der Waals surface area contributed by atoms with E-state index < -0.39 is 0 Å². The Kier molecular flexibility index (Phi) is 2.46. The quantitative estimate of drug-likeness (QED) is 0.858. The Bertz CT molecular complexity index is 415. The molecule has 0 saturated heterocycles. The van der Waals surface area contributed by atoms with Gasteiger partial charge in [0.25, 0.3) is 0 Å². The maximum atomic E-state index is 12.1. The summed E-state index contributed by atoms with van der Waals surface area (Å²) in [6.07, 6.45) is 4.96. The third-order valence-electron chi connectivity index (χ3n) is 3.92. The Hall–Kier alpha value is -0.900. The first-order chi connectivity index (χ1) is 7.72. The van der Waals surface area contributed by atoms with E-state index in [2.05, 4.69) is 10.3 Å². The number of hydrogen-bond donors (Lipinski definition) is 1. The number of carbonyl (C=O) groups is 1. The number of aryl methyl sites for hydroxylation is 1. The molecule has 16 heavy (non-hydrogen) atoms. The number of nitrogens with one attached hydrogen (secondary N) is 1. The number of nitrogens with zero attached hydrogens (tertiary/aromatic N) is 1. The number of hydrogen-bond acceptors (Lipinski definition) is 3. The number of rotatable bonds is 2. The summed E-state index contributed by atoms with van der Waals surface area (Å²) >= 11 is 1.51. The van der Waals surface area contributed by atoms with Gasteiger partial charge in [0.05, 0.1) is 5.69 Å². The van der Waals surface area contributed by atoms with Crippen molar-refractivity contribution in [3.05, 3.63) is 11.1 Å². The second kappa shape index (κ2) is 3.84. The highest BCUT2D eigenvalue weighted by atomic mass is 32.1. The SMILES string of the molecule is Cc1csc(NC(=O)[C@H]2C[C@@H]3CC[C@H]2C3)n1. The second-order valence-electron chi connectivity index (χ2n) is 5.06. The molecule has 3 atom stereocenters. The minimum Gasteiger partial charge on any atom is -0.302 e. The van der Waals surface area contributed by atoms with Gasteiger partial charge in [0.2, 0.25) is 5.91 Å². The summed E-state index contributed by atoms with van der Waals surface area (Å²) in [6.45, 7) is 1.95. The molecule has 0 aromatic carbocycles. The zero-order chi connectivity index (χ0) is 11.1. The van der Waals surface area contributed by atoms with Crippen molar-refractivity contribution in [2.45, 2.75) is 32.6 Å². The summed E-state index contributed by atoms with van der Waals surface area (Å²) in [5.41, 5.74) is 0.980. The van der Waals surface area contributed by atoms with E-state index in [0.717, 1.165) is 23.2 Å². The maximum absolute atomic E-state index is 12.1. The molecule has 1 N–H and O–H groups in total. The molecule has 3 nitrogen and oxygen atoms in total. The van der Waals surface area contributed by atoms with Crippen LogP contribution in [0.15, 0.2) is 5.38 Å². The fourth-order valence-electron chi connectivity index (χ4n) is 3.18. The van der Waals surface area contributed by atoms with Crippen LogP contribution >= 0.6 is 11.3 Å². The molecular formula is C12H16N2OS. The summed E-state index contributed by atoms with van der Waals surface area (Å²) < 4.78 is 0. The van der Waals surface area contributed by atoms with E-state index in [1.165, 1.54) is 30.6 Å². The second-order valence-corrected chi connectivity index (χ2v) is 5.92. The number of fused-ring (bicyclic) bond motifs is 2. The van der Waals surface area contributed by atoms with E-state index in [1.807, 2.05) is 12.3 Å². The molecule has 3 rings (SSSR count). The van der Waals surface area contributed by atoms with Gasteiger partial charge in [-0.15, -0.1) is 11.3 Å². The molecule has 86 valence electrons. The first-order valence-electron chi connectivity index (χ1n) is 5.95. The lowest BCUT2D eigenvalue weighted by Crippen LogP contribution is -2.27. The lowest BCUT2D eigenvalue weighted by Gasteiger charge is -2.19. The Morgan fingerprint density at radius 1 is 1.50 bits per heavy atom. The summed E-state index contributed by atoms with van der Waals surface area (Å²) in [7, 11) is 0. The van der Waals surface area contributed by atoms with Crippen molar-refractivity contribution in [2.24, 2.45) is 17.8 Å². The molecule has 1 aromatic rings. The topological polar surface area (TPSA) is 42.0 Å². The average molecular weight is 236 g/mol. The highest BCUT2D eigenvalue weighted by Gasteiger charge is 2.43. The Balaban J connectivity index is 1.65. The van der Waals surface area contributed by atoms with Crippen LogP contribution in [0, 0.1) is 24.7 Å². The van der Waals surface area contributed by atoms with Crippen LogP contribution in [0.25, 0.3) is 0 Å². The highest BCUT2D eigenvalue weighted by Crippen LogP contribution is 2.48. The van der Waals surface area contributed by atoms with Crippen LogP contribution in [0.4, 0.5) is 5.13 Å². The van der Waals surface area contributed by atoms with Crippen LogP contribution in [0.3, 0.4) is 0 Å². The van der Waals surface area contributed by atoms with E-state index in [0.29, 0.717) is 5.92 Å². The molecule has 0 aliphatic heterocycles. The molecule has 4 heteroatoms. The van der Waals surface area contributed by atoms with Gasteiger partial charge in [0.1, 0.15) is 0 Å². The van der Waals surface area contributed by atoms with Crippen LogP contribution in [0.5, 0.6) is 0 Å². The largest absolute Gasteiger partial charge is 0.302 e. The van der Waals surface area contributed by atoms with Crippen molar-refractivity contribution in [1.29, 1.82) is 0 Å². The van der Waals surface area contributed by atoms with Crippen molar-refractivity contribution in [3.63, 3.8) is 0 Å². The van der Waals surface area contributed by atoms with Crippen LogP contribution in [0.2, 0.25) is 0 Å². The van der Waals surface area contributed by atoms with Gasteiger partial charge >= 0.3 is 0 Å². The van der Waals surface area contributed by atoms with Gasteiger partial charge in [-0.05, 0) is 38.0 Å². The van der Waals surface area contributed by atoms with Gasteiger partial charge in [-0.25, -0.2) is 4.98 Å². The van der Waals surface area contributed by atoms with Gasteiger partial charge < -0.3 is 5.32 Å². The van der Waals surface area contributed by atoms with E-state index in [9.17, 15) is 4.79 Å². The van der Waals surface area contributed by atoms with E-state index in [4.69, 9.17) is 0 Å². The van der Waals surface area contributed by atoms with Crippen LogP contribution in [-0.2, 0) is 4.79 Å². The van der Waals surface area contributed by atoms with E-state index in [1.54, 1.807) is 0 Å². The molecule has 1 aromatic heterocycles. The van der Waals surface area contributed by atoms with E-state index in [-0.39, 0.29) is 11.8 Å². The molecular weight excluding hydrogens is 220 g/mol. The summed E-state index contributed by atoms with van der Waals surface area (Å²) in [6, 6.07) is 0. The minimum absolute atomic E-state index is 0.196. The first kappa shape index (κ1) is 10.3. The molecule has 2 aliphatic rings. The predicted molar refractivity (Wildman–Crippen MR) is 64.4 cm³/mol. The summed E-state index contributed by atoms with van der Waals surface area (Å²) in [5, 5.41) is 5.68. The van der Waals surface area contributed by atoms with Crippen LogP contribution in [0.1, 0.15) is 31.4 Å². The third kappa shape index (κ3) is 1.75. The molecule has 0 radical (unpaired) electrons. The minimum atomic E-state index is 0.196. The molecule has 2 aliphatic carbocycles. The fraction of sp³-hybridized carbons (Fsp3) is 0.667. The molecule has 2 bridgehead atoms. The number of anilines is 1. The molecule has 1 amide bonds. The maximum Gasteiger partial charge on any atom is 0.229 e. The lowest BCUT2D eigenvalue weighted by molar-refractivity contribution is -0.121. The highest BCUT2D eigenvalue weighted by molar-refractivity contribution is 7.13. The normalized spacial score (nSPS) is 31.9. The molecule has 0 unspecified atom stereocenters. The van der Waals surface area contributed by atoms with Crippen molar-refractivity contribution in [2.75, 3.05) is 5.32 Å². The third-order valence-corrected chi connectivity index (χ3v) is 4.80. The van der Waals surface area contributed by atoms with Crippen LogP contribution < -0.4 is 5.32 Å². The zero-order valence-corrected chi connectivity index (χ0v) is 10.2. The zero-order valence-electron chi connectivity index (χ0n) is 9.40. The Labute approximate surface area is 99.3 Å². The van der Waals surface area contributed by atoms with Crippen molar-refractivity contribution in [1.82, 2.24) is 4.98 Å². The lowest BCUT2D eigenvalue weighted by atomic mass is 9.88. The van der Waals surface area contributed by atoms with Gasteiger partial charge in [-0.2, -0.15) is 0 Å².